The van der Waals surface area contributed by atoms with Gasteiger partial charge < -0.3 is 23.7 Å². The molecule has 0 fully saturated rings. The molecule has 0 N–H and O–H groups in total. The molecular weight excluding hydrogens is 368 g/mol. The summed E-state index contributed by atoms with van der Waals surface area (Å²) in [5.74, 6) is 0. The van der Waals surface area contributed by atoms with Crippen molar-refractivity contribution in [2.24, 2.45) is 0 Å². The molecule has 0 saturated carbocycles. The van der Waals surface area contributed by atoms with Gasteiger partial charge >= 0.3 is 0 Å². The number of rotatable bonds is 26. The van der Waals surface area contributed by atoms with Gasteiger partial charge in [-0.2, -0.15) is 0 Å². The average Bonchev–Trinajstić information content (AvgIpc) is 2.74. The highest BCUT2D eigenvalue weighted by Gasteiger charge is 1.95. The summed E-state index contributed by atoms with van der Waals surface area (Å²) in [7, 11) is 1.67. The predicted octanol–water partition coefficient (Wildman–Crippen LogP) is 5.79. The lowest BCUT2D eigenvalue weighted by atomic mass is 10.0. The molecule has 0 radical (unpaired) electrons. The second-order valence-corrected chi connectivity index (χ2v) is 7.68. The number of methoxy groups -OCH3 is 1. The minimum absolute atomic E-state index is 0.600. The third-order valence-electron chi connectivity index (χ3n) is 4.94. The fourth-order valence-electron chi connectivity index (χ4n) is 3.13. The standard InChI is InChI=1S/C24H50O5/c1-3-4-5-6-7-8-9-10-11-12-13-14-15-16-26-19-20-28-23-24-29-22-21-27-18-17-25-2/h3-24H2,1-2H3. The first kappa shape index (κ1) is 28.8. The van der Waals surface area contributed by atoms with Crippen LogP contribution in [0.3, 0.4) is 0 Å². The van der Waals surface area contributed by atoms with E-state index in [9.17, 15) is 0 Å². The molecule has 0 aliphatic heterocycles. The van der Waals surface area contributed by atoms with E-state index in [1.54, 1.807) is 7.11 Å². The van der Waals surface area contributed by atoms with Crippen LogP contribution in [-0.2, 0) is 23.7 Å². The molecule has 0 aromatic heterocycles. The molecule has 0 unspecified atom stereocenters. The zero-order chi connectivity index (χ0) is 21.1. The largest absolute Gasteiger partial charge is 0.382 e. The van der Waals surface area contributed by atoms with Crippen molar-refractivity contribution in [1.29, 1.82) is 0 Å². The number of hydrogen-bond acceptors (Lipinski definition) is 5. The maximum absolute atomic E-state index is 5.62. The molecule has 0 aliphatic carbocycles. The second kappa shape index (κ2) is 27.8. The maximum atomic E-state index is 5.62. The monoisotopic (exact) mass is 418 g/mol. The van der Waals surface area contributed by atoms with Crippen molar-refractivity contribution >= 4 is 0 Å². The lowest BCUT2D eigenvalue weighted by Gasteiger charge is -2.07. The maximum Gasteiger partial charge on any atom is 0.0701 e. The van der Waals surface area contributed by atoms with E-state index in [0.717, 1.165) is 6.61 Å². The van der Waals surface area contributed by atoms with Crippen LogP contribution in [0.15, 0.2) is 0 Å². The minimum Gasteiger partial charge on any atom is -0.382 e. The first-order chi connectivity index (χ1) is 14.4. The lowest BCUT2D eigenvalue weighted by Crippen LogP contribution is -2.13. The molecule has 0 heterocycles. The summed E-state index contributed by atoms with van der Waals surface area (Å²) in [6.45, 7) is 8.13. The Balaban J connectivity index is 2.97. The summed E-state index contributed by atoms with van der Waals surface area (Å²) in [6.07, 6.45) is 18.0. The molecule has 5 heteroatoms. The quantitative estimate of drug-likeness (QED) is 0.166. The van der Waals surface area contributed by atoms with E-state index in [-0.39, 0.29) is 0 Å². The van der Waals surface area contributed by atoms with Crippen LogP contribution >= 0.6 is 0 Å². The molecule has 0 aromatic rings. The predicted molar refractivity (Wildman–Crippen MR) is 121 cm³/mol. The van der Waals surface area contributed by atoms with Gasteiger partial charge in [0.25, 0.3) is 0 Å². The van der Waals surface area contributed by atoms with Gasteiger partial charge in [0, 0.05) is 13.7 Å². The van der Waals surface area contributed by atoms with Gasteiger partial charge in [0.15, 0.2) is 0 Å². The van der Waals surface area contributed by atoms with Gasteiger partial charge in [-0.05, 0) is 6.42 Å². The van der Waals surface area contributed by atoms with Crippen molar-refractivity contribution in [3.63, 3.8) is 0 Å². The van der Waals surface area contributed by atoms with Gasteiger partial charge in [-0.3, -0.25) is 0 Å². The second-order valence-electron chi connectivity index (χ2n) is 7.68. The highest BCUT2D eigenvalue weighted by molar-refractivity contribution is 4.49. The molecule has 29 heavy (non-hydrogen) atoms. The molecule has 176 valence electrons. The van der Waals surface area contributed by atoms with Gasteiger partial charge in [-0.25, -0.2) is 0 Å². The van der Waals surface area contributed by atoms with Crippen molar-refractivity contribution in [2.75, 3.05) is 66.6 Å². The summed E-state index contributed by atoms with van der Waals surface area (Å²) >= 11 is 0. The minimum atomic E-state index is 0.600. The van der Waals surface area contributed by atoms with Crippen LogP contribution < -0.4 is 0 Å². The zero-order valence-electron chi connectivity index (χ0n) is 19.6. The van der Waals surface area contributed by atoms with Crippen LogP contribution in [0.25, 0.3) is 0 Å². The van der Waals surface area contributed by atoms with Crippen molar-refractivity contribution < 1.29 is 23.7 Å². The summed E-state index contributed by atoms with van der Waals surface area (Å²) in [5.41, 5.74) is 0. The Morgan fingerprint density at radius 1 is 0.345 bits per heavy atom. The number of unbranched alkanes of at least 4 members (excludes halogenated alkanes) is 12. The topological polar surface area (TPSA) is 46.2 Å². The fourth-order valence-corrected chi connectivity index (χ4v) is 3.13. The molecule has 0 amide bonds. The van der Waals surface area contributed by atoms with E-state index < -0.39 is 0 Å². The van der Waals surface area contributed by atoms with Crippen LogP contribution in [-0.4, -0.2) is 66.6 Å². The lowest BCUT2D eigenvalue weighted by molar-refractivity contribution is -0.00800. The van der Waals surface area contributed by atoms with Crippen LogP contribution in [0.5, 0.6) is 0 Å². The van der Waals surface area contributed by atoms with E-state index in [2.05, 4.69) is 6.92 Å². The molecular formula is C24H50O5. The van der Waals surface area contributed by atoms with Crippen LogP contribution in [0.2, 0.25) is 0 Å². The Morgan fingerprint density at radius 2 is 0.655 bits per heavy atom. The van der Waals surface area contributed by atoms with Crippen molar-refractivity contribution in [3.05, 3.63) is 0 Å². The van der Waals surface area contributed by atoms with E-state index in [0.29, 0.717) is 52.9 Å². The third kappa shape index (κ3) is 27.8. The van der Waals surface area contributed by atoms with E-state index in [4.69, 9.17) is 23.7 Å². The third-order valence-corrected chi connectivity index (χ3v) is 4.94. The van der Waals surface area contributed by atoms with Gasteiger partial charge in [0.05, 0.1) is 52.9 Å². The Morgan fingerprint density at radius 3 is 1.03 bits per heavy atom. The Labute approximate surface area is 181 Å². The molecule has 0 bridgehead atoms. The smallest absolute Gasteiger partial charge is 0.0701 e. The van der Waals surface area contributed by atoms with Gasteiger partial charge in [-0.15, -0.1) is 0 Å². The molecule has 0 aromatic carbocycles. The number of ether oxygens (including phenoxy) is 5. The average molecular weight is 419 g/mol. The normalized spacial score (nSPS) is 11.4. The fraction of sp³-hybridized carbons (Fsp3) is 1.00. The molecule has 0 atom stereocenters. The van der Waals surface area contributed by atoms with Gasteiger partial charge in [0.1, 0.15) is 0 Å². The Hall–Kier alpha value is -0.200. The van der Waals surface area contributed by atoms with Crippen LogP contribution in [0.1, 0.15) is 90.4 Å². The van der Waals surface area contributed by atoms with Crippen LogP contribution in [0.4, 0.5) is 0 Å². The molecule has 0 aliphatic rings. The Bertz CT molecular complexity index is 250. The highest BCUT2D eigenvalue weighted by Crippen LogP contribution is 2.12. The highest BCUT2D eigenvalue weighted by atomic mass is 16.6. The van der Waals surface area contributed by atoms with E-state index >= 15 is 0 Å². The number of hydrogen-bond donors (Lipinski definition) is 0. The van der Waals surface area contributed by atoms with Crippen molar-refractivity contribution in [2.45, 2.75) is 90.4 Å². The summed E-state index contributed by atoms with van der Waals surface area (Å²) < 4.78 is 26.7. The SMILES string of the molecule is CCCCCCCCCCCCCCCOCCOCCOCCOCCOC. The van der Waals surface area contributed by atoms with E-state index in [1.807, 2.05) is 0 Å². The summed E-state index contributed by atoms with van der Waals surface area (Å²) in [6, 6.07) is 0. The Kier molecular flexibility index (Phi) is 27.6. The summed E-state index contributed by atoms with van der Waals surface area (Å²) in [4.78, 5) is 0. The zero-order valence-corrected chi connectivity index (χ0v) is 19.6. The van der Waals surface area contributed by atoms with Crippen molar-refractivity contribution in [3.8, 4) is 0 Å². The van der Waals surface area contributed by atoms with Gasteiger partial charge in [0.2, 0.25) is 0 Å². The summed E-state index contributed by atoms with van der Waals surface area (Å²) in [5, 5.41) is 0. The molecule has 0 spiro atoms. The first-order valence-corrected chi connectivity index (χ1v) is 12.2. The van der Waals surface area contributed by atoms with Gasteiger partial charge in [-0.1, -0.05) is 84.0 Å². The van der Waals surface area contributed by atoms with Crippen molar-refractivity contribution in [1.82, 2.24) is 0 Å². The van der Waals surface area contributed by atoms with E-state index in [1.165, 1.54) is 83.5 Å². The molecule has 0 saturated heterocycles. The molecule has 5 nitrogen and oxygen atoms in total. The first-order valence-electron chi connectivity index (χ1n) is 12.2. The van der Waals surface area contributed by atoms with Crippen LogP contribution in [0, 0.1) is 0 Å². The molecule has 0 rings (SSSR count).